The summed E-state index contributed by atoms with van der Waals surface area (Å²) in [6.07, 6.45) is 0. The highest BCUT2D eigenvalue weighted by Crippen LogP contribution is 2.37. The summed E-state index contributed by atoms with van der Waals surface area (Å²) < 4.78 is 11.2. The summed E-state index contributed by atoms with van der Waals surface area (Å²) >= 11 is 1.39. The van der Waals surface area contributed by atoms with Crippen molar-refractivity contribution >= 4 is 34.0 Å². The highest BCUT2D eigenvalue weighted by molar-refractivity contribution is 7.16. The van der Waals surface area contributed by atoms with E-state index in [9.17, 15) is 9.59 Å². The zero-order valence-electron chi connectivity index (χ0n) is 17.8. The molecule has 0 unspecified atom stereocenters. The first-order valence-electron chi connectivity index (χ1n) is 9.83. The lowest BCUT2D eigenvalue weighted by Gasteiger charge is -2.26. The summed E-state index contributed by atoms with van der Waals surface area (Å²) in [5, 5.41) is 3.31. The van der Waals surface area contributed by atoms with Crippen LogP contribution in [0.3, 0.4) is 0 Å². The predicted octanol–water partition coefficient (Wildman–Crippen LogP) is 4.11. The van der Waals surface area contributed by atoms with Crippen molar-refractivity contribution in [3.05, 3.63) is 52.4 Å². The third-order valence-electron chi connectivity index (χ3n) is 5.06. The van der Waals surface area contributed by atoms with Gasteiger partial charge in [0.2, 0.25) is 0 Å². The Morgan fingerprint density at radius 1 is 1.23 bits per heavy atom. The molecule has 1 N–H and O–H groups in total. The van der Waals surface area contributed by atoms with Gasteiger partial charge in [0.25, 0.3) is 11.8 Å². The fourth-order valence-electron chi connectivity index (χ4n) is 3.30. The standard InChI is InChI=1S/C23H23N3O4S/c1-13-5-6-14(2)19(9-13)29-11-20(27)24-23-25-22(15(3)31-23)16-7-8-18-17(10-16)26(4)21(28)12-30-18/h5-10H,11-12H2,1-4H3,(H,24,25,27). The molecule has 2 heterocycles. The molecule has 8 heteroatoms. The second kappa shape index (κ2) is 8.39. The molecule has 0 saturated carbocycles. The molecule has 0 spiro atoms. The fourth-order valence-corrected chi connectivity index (χ4v) is 4.15. The van der Waals surface area contributed by atoms with E-state index in [2.05, 4.69) is 10.3 Å². The number of likely N-dealkylation sites (N-methyl/N-ethyl adjacent to an activating group) is 1. The van der Waals surface area contributed by atoms with Crippen LogP contribution in [0.1, 0.15) is 16.0 Å². The number of carbonyl (C=O) groups excluding carboxylic acids is 2. The van der Waals surface area contributed by atoms with Gasteiger partial charge < -0.3 is 14.4 Å². The van der Waals surface area contributed by atoms with Gasteiger partial charge in [-0.2, -0.15) is 0 Å². The van der Waals surface area contributed by atoms with E-state index in [1.807, 2.05) is 57.2 Å². The Morgan fingerprint density at radius 2 is 2.03 bits per heavy atom. The number of amides is 2. The first kappa shape index (κ1) is 20.9. The molecule has 160 valence electrons. The second-order valence-corrected chi connectivity index (χ2v) is 8.66. The van der Waals surface area contributed by atoms with E-state index in [1.54, 1.807) is 11.9 Å². The van der Waals surface area contributed by atoms with Crippen LogP contribution in [-0.4, -0.2) is 37.1 Å². The molecule has 2 aromatic carbocycles. The maximum atomic E-state index is 12.4. The van der Waals surface area contributed by atoms with Crippen molar-refractivity contribution in [1.29, 1.82) is 0 Å². The number of benzene rings is 2. The summed E-state index contributed by atoms with van der Waals surface area (Å²) in [5.74, 6) is 0.985. The first-order valence-corrected chi connectivity index (χ1v) is 10.6. The highest BCUT2D eigenvalue weighted by Gasteiger charge is 2.23. The average molecular weight is 438 g/mol. The van der Waals surface area contributed by atoms with Gasteiger partial charge in [-0.1, -0.05) is 12.1 Å². The van der Waals surface area contributed by atoms with Gasteiger partial charge in [0, 0.05) is 17.5 Å². The van der Waals surface area contributed by atoms with Crippen molar-refractivity contribution in [3.63, 3.8) is 0 Å². The van der Waals surface area contributed by atoms with Gasteiger partial charge in [0.15, 0.2) is 18.3 Å². The lowest BCUT2D eigenvalue weighted by molar-refractivity contribution is -0.121. The molecule has 1 aliphatic rings. The zero-order chi connectivity index (χ0) is 22.1. The fraction of sp³-hybridized carbons (Fsp3) is 0.261. The third kappa shape index (κ3) is 4.39. The van der Waals surface area contributed by atoms with Crippen LogP contribution in [0.4, 0.5) is 10.8 Å². The number of rotatable bonds is 5. The summed E-state index contributed by atoms with van der Waals surface area (Å²) in [5.41, 5.74) is 4.36. The minimum absolute atomic E-state index is 0.0406. The number of ether oxygens (including phenoxy) is 2. The molecule has 0 radical (unpaired) electrons. The Labute approximate surface area is 184 Å². The van der Waals surface area contributed by atoms with Gasteiger partial charge in [-0.15, -0.1) is 11.3 Å². The van der Waals surface area contributed by atoms with Crippen molar-refractivity contribution < 1.29 is 19.1 Å². The van der Waals surface area contributed by atoms with Crippen LogP contribution < -0.4 is 19.7 Å². The van der Waals surface area contributed by atoms with Gasteiger partial charge in [0.05, 0.1) is 11.4 Å². The maximum absolute atomic E-state index is 12.4. The van der Waals surface area contributed by atoms with Crippen LogP contribution in [0.15, 0.2) is 36.4 Å². The van der Waals surface area contributed by atoms with Crippen LogP contribution in [0.2, 0.25) is 0 Å². The normalized spacial score (nSPS) is 12.9. The molecule has 0 saturated heterocycles. The zero-order valence-corrected chi connectivity index (χ0v) is 18.6. The molecule has 7 nitrogen and oxygen atoms in total. The quantitative estimate of drug-likeness (QED) is 0.650. The van der Waals surface area contributed by atoms with Gasteiger partial charge >= 0.3 is 0 Å². The van der Waals surface area contributed by atoms with E-state index in [-0.39, 0.29) is 25.0 Å². The minimum Gasteiger partial charge on any atom is -0.483 e. The van der Waals surface area contributed by atoms with E-state index in [0.717, 1.165) is 27.3 Å². The molecule has 0 fully saturated rings. The topological polar surface area (TPSA) is 80.8 Å². The molecule has 0 aliphatic carbocycles. The SMILES string of the molecule is Cc1ccc(C)c(OCC(=O)Nc2nc(-c3ccc4c(c3)N(C)C(=O)CO4)c(C)s2)c1. The van der Waals surface area contributed by atoms with Crippen LogP contribution in [-0.2, 0) is 9.59 Å². The lowest BCUT2D eigenvalue weighted by Crippen LogP contribution is -2.35. The molecule has 1 aromatic heterocycles. The molecule has 0 atom stereocenters. The van der Waals surface area contributed by atoms with Crippen molar-refractivity contribution in [1.82, 2.24) is 4.98 Å². The number of aromatic nitrogens is 1. The molecule has 1 aliphatic heterocycles. The van der Waals surface area contributed by atoms with Gasteiger partial charge in [-0.05, 0) is 56.2 Å². The molecule has 3 aromatic rings. The Morgan fingerprint density at radius 3 is 2.84 bits per heavy atom. The number of anilines is 2. The molecule has 0 bridgehead atoms. The van der Waals surface area contributed by atoms with Crippen molar-refractivity contribution in [2.24, 2.45) is 0 Å². The largest absolute Gasteiger partial charge is 0.483 e. The number of thiazole rings is 1. The molecule has 4 rings (SSSR count). The highest BCUT2D eigenvalue weighted by atomic mass is 32.1. The van der Waals surface area contributed by atoms with Crippen LogP contribution in [0, 0.1) is 20.8 Å². The van der Waals surface area contributed by atoms with Gasteiger partial charge in [-0.3, -0.25) is 14.9 Å². The van der Waals surface area contributed by atoms with E-state index in [4.69, 9.17) is 9.47 Å². The average Bonchev–Trinajstić information content (AvgIpc) is 3.11. The van der Waals surface area contributed by atoms with E-state index in [0.29, 0.717) is 22.3 Å². The Balaban J connectivity index is 1.47. The number of nitrogens with zero attached hydrogens (tertiary/aromatic N) is 2. The maximum Gasteiger partial charge on any atom is 0.264 e. The monoisotopic (exact) mass is 437 g/mol. The lowest BCUT2D eigenvalue weighted by atomic mass is 10.1. The molecule has 2 amide bonds. The van der Waals surface area contributed by atoms with Crippen LogP contribution in [0.5, 0.6) is 11.5 Å². The van der Waals surface area contributed by atoms with E-state index >= 15 is 0 Å². The Kier molecular flexibility index (Phi) is 5.65. The van der Waals surface area contributed by atoms with E-state index < -0.39 is 0 Å². The van der Waals surface area contributed by atoms with Gasteiger partial charge in [0.1, 0.15) is 11.5 Å². The Bertz CT molecular complexity index is 1170. The first-order chi connectivity index (χ1) is 14.8. The number of fused-ring (bicyclic) bond motifs is 1. The van der Waals surface area contributed by atoms with Crippen molar-refractivity contribution in [3.8, 4) is 22.8 Å². The van der Waals surface area contributed by atoms with Gasteiger partial charge in [-0.25, -0.2) is 4.98 Å². The van der Waals surface area contributed by atoms with Crippen molar-refractivity contribution in [2.45, 2.75) is 20.8 Å². The number of aryl methyl sites for hydroxylation is 3. The third-order valence-corrected chi connectivity index (χ3v) is 5.95. The number of hydrogen-bond donors (Lipinski definition) is 1. The minimum atomic E-state index is -0.273. The van der Waals surface area contributed by atoms with Crippen LogP contribution in [0.25, 0.3) is 11.3 Å². The predicted molar refractivity (Wildman–Crippen MR) is 121 cm³/mol. The van der Waals surface area contributed by atoms with Crippen molar-refractivity contribution in [2.75, 3.05) is 30.5 Å². The number of carbonyl (C=O) groups is 2. The molecular formula is C23H23N3O4S. The summed E-state index contributed by atoms with van der Waals surface area (Å²) in [6, 6.07) is 11.5. The summed E-state index contributed by atoms with van der Waals surface area (Å²) in [6.45, 7) is 5.81. The summed E-state index contributed by atoms with van der Waals surface area (Å²) in [4.78, 5) is 31.4. The molecule has 31 heavy (non-hydrogen) atoms. The molecular weight excluding hydrogens is 414 g/mol. The van der Waals surface area contributed by atoms with E-state index in [1.165, 1.54) is 11.3 Å². The Hall–Kier alpha value is -3.39. The number of nitrogens with one attached hydrogen (secondary N) is 1. The smallest absolute Gasteiger partial charge is 0.264 e. The van der Waals surface area contributed by atoms with Crippen LogP contribution >= 0.6 is 11.3 Å². The summed E-state index contributed by atoms with van der Waals surface area (Å²) in [7, 11) is 1.73. The number of hydrogen-bond acceptors (Lipinski definition) is 6. The second-order valence-electron chi connectivity index (χ2n) is 7.45.